The number of phenols is 4. The summed E-state index contributed by atoms with van der Waals surface area (Å²) in [5.41, 5.74) is 9.49. The Morgan fingerprint density at radius 3 is 1.25 bits per heavy atom. The molecule has 382 valence electrons. The Hall–Kier alpha value is -7.90. The van der Waals surface area contributed by atoms with E-state index in [4.69, 9.17) is 57.4 Å². The molecule has 5 aromatic carbocycles. The molecule has 0 saturated heterocycles. The molecule has 8 rings (SSSR count). The molecule has 0 aliphatic carbocycles. The minimum atomic E-state index is -0.529. The number of Topliss-reactive ketones (excluding diaryl/α,β-unsaturated/α-hetero) is 2. The van der Waals surface area contributed by atoms with Gasteiger partial charge >= 0.3 is 0 Å². The second kappa shape index (κ2) is 28.1. The standard InChI is InChI=1S/C21H21NO6.C19H21NO6.C7H7NO2.C4H4Cl2O2/c23-16(4-1-14-2-6-17-19(9-14)27-12-25-17)5-8-21(24)22-11-15-3-7-18-20(10-15)28-13-26-18;21-14(4-1-12-2-6-15(22)17(24)9-12)5-8-19(26)20-11-13-3-7-16(23)18(25)10-13;8-5-1-2-6-7(3-5)10-4-9-6;5-3(7)1-2-4(6)8/h2-3,6-7,9-10H,1,4-5,8,11-13H2,(H,22,24);2-3,6-7,9-10,22-25H,1,4-5,8,11H2,(H,20,26);1-3H,4,8H2;1-2H2. The number of carbonyl (C=O) groups is 6. The quantitative estimate of drug-likeness (QED) is 0.0246. The summed E-state index contributed by atoms with van der Waals surface area (Å²) in [4.78, 5) is 67.6. The maximum atomic E-state index is 12.1. The number of aromatic hydroxyl groups is 4. The molecular formula is C51H53Cl2N3O16. The van der Waals surface area contributed by atoms with Gasteiger partial charge in [-0.2, -0.15) is 0 Å². The first kappa shape index (κ1) is 55.0. The Bertz CT molecular complexity index is 2560. The number of benzene rings is 5. The lowest BCUT2D eigenvalue weighted by Crippen LogP contribution is -2.23. The van der Waals surface area contributed by atoms with E-state index in [-0.39, 0.29) is 111 Å². The Kier molecular flexibility index (Phi) is 21.5. The summed E-state index contributed by atoms with van der Waals surface area (Å²) < 4.78 is 31.3. The fraction of sp³-hybridized carbons (Fsp3) is 0.294. The fourth-order valence-corrected chi connectivity index (χ4v) is 6.75. The number of hydrogen-bond acceptors (Lipinski definition) is 17. The highest BCUT2D eigenvalue weighted by Gasteiger charge is 2.17. The number of nitrogens with two attached hydrogens (primary N) is 1. The molecule has 2 amide bonds. The lowest BCUT2D eigenvalue weighted by molar-refractivity contribution is -0.125. The van der Waals surface area contributed by atoms with E-state index >= 15 is 0 Å². The molecule has 3 aliphatic rings. The SMILES string of the molecule is Nc1ccc2c(c1)OCO2.O=C(CCC(=O)NCc1ccc(O)c(O)c1)CCc1ccc(O)c(O)c1.O=C(CCC(=O)NCc1ccc2c(c1)OCO2)CCc1ccc2c(c1)OCO2.O=C(Cl)CCC(=O)Cl. The molecule has 8 N–H and O–H groups in total. The van der Waals surface area contributed by atoms with Gasteiger partial charge in [0, 0.05) is 76.2 Å². The molecule has 5 aromatic rings. The van der Waals surface area contributed by atoms with Gasteiger partial charge < -0.3 is 65.2 Å². The Morgan fingerprint density at radius 1 is 0.417 bits per heavy atom. The summed E-state index contributed by atoms with van der Waals surface area (Å²) in [6, 6.07) is 25.2. The number of nitrogens with one attached hydrogen (secondary N) is 2. The monoisotopic (exact) mass is 1030 g/mol. The minimum absolute atomic E-state index is 0.0316. The van der Waals surface area contributed by atoms with Crippen LogP contribution in [0, 0.1) is 0 Å². The first-order valence-electron chi connectivity index (χ1n) is 22.4. The number of hydrogen-bond donors (Lipinski definition) is 7. The zero-order valence-electron chi connectivity index (χ0n) is 38.8. The first-order chi connectivity index (χ1) is 34.5. The molecule has 21 heteroatoms. The third-order valence-corrected chi connectivity index (χ3v) is 10.9. The number of phenolic OH excluding ortho intramolecular Hbond substituents is 4. The minimum Gasteiger partial charge on any atom is -0.504 e. The molecule has 0 spiro atoms. The van der Waals surface area contributed by atoms with Crippen LogP contribution in [0.25, 0.3) is 0 Å². The highest BCUT2D eigenvalue weighted by molar-refractivity contribution is 6.66. The number of carbonyl (C=O) groups excluding carboxylic acids is 6. The zero-order chi connectivity index (χ0) is 52.0. The molecule has 0 saturated carbocycles. The summed E-state index contributed by atoms with van der Waals surface area (Å²) >= 11 is 9.74. The van der Waals surface area contributed by atoms with Crippen molar-refractivity contribution in [2.24, 2.45) is 0 Å². The summed E-state index contributed by atoms with van der Waals surface area (Å²) in [6.07, 6.45) is 2.32. The molecule has 0 fully saturated rings. The van der Waals surface area contributed by atoms with Crippen LogP contribution in [-0.4, -0.2) is 74.7 Å². The van der Waals surface area contributed by atoms with Crippen molar-refractivity contribution in [1.29, 1.82) is 0 Å². The van der Waals surface area contributed by atoms with Gasteiger partial charge in [-0.15, -0.1) is 0 Å². The van der Waals surface area contributed by atoms with Crippen LogP contribution >= 0.6 is 23.2 Å². The van der Waals surface area contributed by atoms with Gasteiger partial charge in [0.15, 0.2) is 57.5 Å². The van der Waals surface area contributed by atoms with Crippen molar-refractivity contribution in [3.05, 3.63) is 113 Å². The predicted molar refractivity (Wildman–Crippen MR) is 261 cm³/mol. The third-order valence-electron chi connectivity index (χ3n) is 10.5. The topological polar surface area (TPSA) is 289 Å². The van der Waals surface area contributed by atoms with E-state index in [1.54, 1.807) is 30.3 Å². The normalized spacial score (nSPS) is 11.9. The van der Waals surface area contributed by atoms with Crippen LogP contribution in [-0.2, 0) is 54.7 Å². The summed E-state index contributed by atoms with van der Waals surface area (Å²) in [6.45, 7) is 1.34. The largest absolute Gasteiger partial charge is 0.504 e. The number of aryl methyl sites for hydroxylation is 2. The number of fused-ring (bicyclic) bond motifs is 3. The van der Waals surface area contributed by atoms with Gasteiger partial charge in [0.25, 0.3) is 0 Å². The van der Waals surface area contributed by atoms with E-state index in [0.29, 0.717) is 61.1 Å². The van der Waals surface area contributed by atoms with Crippen molar-refractivity contribution in [2.75, 3.05) is 26.1 Å². The van der Waals surface area contributed by atoms with Gasteiger partial charge in [0.05, 0.1) is 0 Å². The number of ether oxygens (including phenoxy) is 6. The molecule has 3 heterocycles. The average Bonchev–Trinajstić information content (AvgIpc) is 4.16. The van der Waals surface area contributed by atoms with E-state index in [9.17, 15) is 49.2 Å². The molecular weight excluding hydrogens is 981 g/mol. The van der Waals surface area contributed by atoms with Crippen molar-refractivity contribution in [2.45, 2.75) is 77.3 Å². The maximum absolute atomic E-state index is 12.1. The number of anilines is 1. The Labute approximate surface area is 423 Å². The second-order valence-electron chi connectivity index (χ2n) is 16.0. The fourth-order valence-electron chi connectivity index (χ4n) is 6.56. The van der Waals surface area contributed by atoms with Crippen molar-refractivity contribution in [3.8, 4) is 57.5 Å². The molecule has 0 bridgehead atoms. The molecule has 0 atom stereocenters. The number of ketones is 2. The van der Waals surface area contributed by atoms with Crippen LogP contribution in [0.5, 0.6) is 57.5 Å². The van der Waals surface area contributed by atoms with Crippen LogP contribution in [0.15, 0.2) is 91.0 Å². The number of amides is 2. The predicted octanol–water partition coefficient (Wildman–Crippen LogP) is 7.14. The van der Waals surface area contributed by atoms with Crippen LogP contribution in [0.1, 0.15) is 73.6 Å². The molecule has 0 aromatic heterocycles. The van der Waals surface area contributed by atoms with Gasteiger partial charge in [-0.25, -0.2) is 0 Å². The van der Waals surface area contributed by atoms with Crippen molar-refractivity contribution >= 4 is 62.8 Å². The molecule has 19 nitrogen and oxygen atoms in total. The highest BCUT2D eigenvalue weighted by atomic mass is 35.5. The van der Waals surface area contributed by atoms with Gasteiger partial charge in [0.2, 0.25) is 42.7 Å². The Balaban J connectivity index is 0.000000200. The molecule has 0 unspecified atom stereocenters. The summed E-state index contributed by atoms with van der Waals surface area (Å²) in [7, 11) is 0. The molecule has 0 radical (unpaired) electrons. The summed E-state index contributed by atoms with van der Waals surface area (Å²) in [5, 5.41) is 41.7. The van der Waals surface area contributed by atoms with Crippen LogP contribution < -0.4 is 44.8 Å². The van der Waals surface area contributed by atoms with E-state index in [1.165, 1.54) is 24.3 Å². The molecule has 3 aliphatic heterocycles. The van der Waals surface area contributed by atoms with Gasteiger partial charge in [-0.3, -0.25) is 28.8 Å². The smallest absolute Gasteiger partial charge is 0.231 e. The van der Waals surface area contributed by atoms with Gasteiger partial charge in [0.1, 0.15) is 11.6 Å². The summed E-state index contributed by atoms with van der Waals surface area (Å²) in [5.74, 6) is 2.99. The Morgan fingerprint density at radius 2 is 0.778 bits per heavy atom. The number of rotatable bonds is 19. The number of halogens is 2. The average molecular weight is 1030 g/mol. The third kappa shape index (κ3) is 19.1. The lowest BCUT2D eigenvalue weighted by Gasteiger charge is -2.07. The number of nitrogen functional groups attached to an aromatic ring is 1. The van der Waals surface area contributed by atoms with E-state index < -0.39 is 10.5 Å². The van der Waals surface area contributed by atoms with Crippen LogP contribution in [0.2, 0.25) is 0 Å². The first-order valence-corrected chi connectivity index (χ1v) is 23.1. The van der Waals surface area contributed by atoms with E-state index in [2.05, 4.69) is 10.6 Å². The second-order valence-corrected chi connectivity index (χ2v) is 16.8. The highest BCUT2D eigenvalue weighted by Crippen LogP contribution is 2.35. The maximum Gasteiger partial charge on any atom is 0.231 e. The van der Waals surface area contributed by atoms with Gasteiger partial charge in [-0.1, -0.05) is 24.3 Å². The van der Waals surface area contributed by atoms with Crippen LogP contribution in [0.4, 0.5) is 5.69 Å². The lowest BCUT2D eigenvalue weighted by atomic mass is 10.0. The van der Waals surface area contributed by atoms with Crippen molar-refractivity contribution < 1.29 is 77.6 Å². The zero-order valence-corrected chi connectivity index (χ0v) is 40.3. The van der Waals surface area contributed by atoms with Crippen LogP contribution in [0.3, 0.4) is 0 Å². The van der Waals surface area contributed by atoms with Crippen molar-refractivity contribution in [3.63, 3.8) is 0 Å². The molecule has 72 heavy (non-hydrogen) atoms. The van der Waals surface area contributed by atoms with Crippen molar-refractivity contribution in [1.82, 2.24) is 10.6 Å². The van der Waals surface area contributed by atoms with E-state index in [1.807, 2.05) is 36.4 Å². The van der Waals surface area contributed by atoms with E-state index in [0.717, 1.165) is 33.9 Å². The van der Waals surface area contributed by atoms with Gasteiger partial charge in [-0.05, 0) is 119 Å².